The van der Waals surface area contributed by atoms with Gasteiger partial charge in [0.1, 0.15) is 11.6 Å². The van der Waals surface area contributed by atoms with E-state index in [0.717, 1.165) is 23.5 Å². The number of hydrogen-bond donors (Lipinski definition) is 0. The first-order chi connectivity index (χ1) is 13.4. The predicted molar refractivity (Wildman–Crippen MR) is 111 cm³/mol. The van der Waals surface area contributed by atoms with Gasteiger partial charge in [-0.15, -0.1) is 0 Å². The molecule has 2 aromatic rings. The first-order valence-electron chi connectivity index (χ1n) is 9.65. The number of nitrogens with zero attached hydrogens (tertiary/aromatic N) is 5. The molecular weight excluding hydrogens is 354 g/mol. The molecular formula is C21H29N5O2. The lowest BCUT2D eigenvalue weighted by atomic mass is 10.0. The normalized spacial score (nSPS) is 14.2. The van der Waals surface area contributed by atoms with Crippen molar-refractivity contribution in [1.29, 1.82) is 0 Å². The molecule has 1 amide bonds. The minimum absolute atomic E-state index is 0.00780. The fourth-order valence-electron chi connectivity index (χ4n) is 3.33. The molecule has 1 aliphatic rings. The van der Waals surface area contributed by atoms with Crippen LogP contribution in [0.4, 0.5) is 11.8 Å². The molecule has 0 spiro atoms. The highest BCUT2D eigenvalue weighted by Gasteiger charge is 2.30. The van der Waals surface area contributed by atoms with E-state index in [1.165, 1.54) is 0 Å². The zero-order valence-corrected chi connectivity index (χ0v) is 17.3. The molecule has 0 unspecified atom stereocenters. The van der Waals surface area contributed by atoms with Gasteiger partial charge in [-0.05, 0) is 25.0 Å². The van der Waals surface area contributed by atoms with Crippen molar-refractivity contribution in [2.45, 2.75) is 32.4 Å². The van der Waals surface area contributed by atoms with Crippen LogP contribution in [-0.4, -0.2) is 61.6 Å². The molecule has 0 saturated carbocycles. The van der Waals surface area contributed by atoms with E-state index in [4.69, 9.17) is 9.72 Å². The summed E-state index contributed by atoms with van der Waals surface area (Å²) in [6.45, 7) is 3.10. The van der Waals surface area contributed by atoms with Crippen LogP contribution in [0, 0.1) is 0 Å². The summed E-state index contributed by atoms with van der Waals surface area (Å²) in [4.78, 5) is 28.3. The molecule has 28 heavy (non-hydrogen) atoms. The number of hydrogen-bond acceptors (Lipinski definition) is 6. The summed E-state index contributed by atoms with van der Waals surface area (Å²) in [7, 11) is 7.82. The third-order valence-corrected chi connectivity index (χ3v) is 4.83. The number of para-hydroxylation sites is 1. The highest BCUT2D eigenvalue weighted by Crippen LogP contribution is 2.28. The lowest BCUT2D eigenvalue weighted by Crippen LogP contribution is -2.44. The molecule has 0 bridgehead atoms. The topological polar surface area (TPSA) is 61.8 Å². The fourth-order valence-corrected chi connectivity index (χ4v) is 3.33. The molecule has 0 saturated heterocycles. The number of benzene rings is 1. The standard InChI is InChI=1S/C21H29N5O2/c1-6-18(28-15-10-8-7-9-11-15)20(27)26-13-12-16-17(14-26)22-21(25(4)5)23-19(16)24(2)3/h7-11,18H,6,12-14H2,1-5H3/t18-/m0/s1. The molecule has 1 aromatic carbocycles. The van der Waals surface area contributed by atoms with E-state index in [0.29, 0.717) is 31.2 Å². The predicted octanol–water partition coefficient (Wildman–Crippen LogP) is 2.35. The van der Waals surface area contributed by atoms with Gasteiger partial charge >= 0.3 is 0 Å². The molecule has 1 aliphatic heterocycles. The van der Waals surface area contributed by atoms with Gasteiger partial charge in [-0.25, -0.2) is 4.98 Å². The van der Waals surface area contributed by atoms with Crippen molar-refractivity contribution < 1.29 is 9.53 Å². The van der Waals surface area contributed by atoms with E-state index < -0.39 is 6.10 Å². The monoisotopic (exact) mass is 383 g/mol. The minimum Gasteiger partial charge on any atom is -0.481 e. The Morgan fingerprint density at radius 3 is 2.46 bits per heavy atom. The Kier molecular flexibility index (Phi) is 6.02. The van der Waals surface area contributed by atoms with Crippen LogP contribution in [-0.2, 0) is 17.8 Å². The first kappa shape index (κ1) is 19.9. The average Bonchev–Trinajstić information content (AvgIpc) is 2.70. The molecule has 0 aliphatic carbocycles. The summed E-state index contributed by atoms with van der Waals surface area (Å²) in [5.41, 5.74) is 2.04. The Bertz CT molecular complexity index is 823. The Morgan fingerprint density at radius 2 is 1.86 bits per heavy atom. The number of rotatable bonds is 6. The zero-order chi connectivity index (χ0) is 20.3. The van der Waals surface area contributed by atoms with Crippen molar-refractivity contribution in [2.75, 3.05) is 44.5 Å². The van der Waals surface area contributed by atoms with Crippen LogP contribution in [0.1, 0.15) is 24.6 Å². The Morgan fingerprint density at radius 1 is 1.14 bits per heavy atom. The Balaban J connectivity index is 1.82. The third kappa shape index (κ3) is 4.18. The quantitative estimate of drug-likeness (QED) is 0.763. The van der Waals surface area contributed by atoms with Gasteiger partial charge in [0, 0.05) is 40.3 Å². The summed E-state index contributed by atoms with van der Waals surface area (Å²) in [5, 5.41) is 0. The number of fused-ring (bicyclic) bond motifs is 1. The number of amides is 1. The lowest BCUT2D eigenvalue weighted by Gasteiger charge is -2.33. The van der Waals surface area contributed by atoms with E-state index in [2.05, 4.69) is 4.98 Å². The number of aromatic nitrogens is 2. The maximum atomic E-state index is 13.1. The van der Waals surface area contributed by atoms with Crippen molar-refractivity contribution >= 4 is 17.7 Å². The molecule has 3 rings (SSSR count). The second-order valence-electron chi connectivity index (χ2n) is 7.40. The summed E-state index contributed by atoms with van der Waals surface area (Å²) < 4.78 is 5.95. The highest BCUT2D eigenvalue weighted by molar-refractivity contribution is 5.81. The van der Waals surface area contributed by atoms with Crippen LogP contribution in [0.2, 0.25) is 0 Å². The van der Waals surface area contributed by atoms with Crippen molar-refractivity contribution in [3.63, 3.8) is 0 Å². The van der Waals surface area contributed by atoms with Gasteiger partial charge in [-0.2, -0.15) is 4.98 Å². The second kappa shape index (κ2) is 8.46. The van der Waals surface area contributed by atoms with Crippen LogP contribution < -0.4 is 14.5 Å². The van der Waals surface area contributed by atoms with Gasteiger partial charge in [-0.3, -0.25) is 4.79 Å². The van der Waals surface area contributed by atoms with Gasteiger partial charge < -0.3 is 19.4 Å². The van der Waals surface area contributed by atoms with E-state index >= 15 is 0 Å². The number of carbonyl (C=O) groups excluding carboxylic acids is 1. The Labute approximate surface area is 166 Å². The average molecular weight is 383 g/mol. The Hall–Kier alpha value is -2.83. The minimum atomic E-state index is -0.493. The van der Waals surface area contributed by atoms with Crippen LogP contribution in [0.15, 0.2) is 30.3 Å². The van der Waals surface area contributed by atoms with Crippen molar-refractivity contribution in [2.24, 2.45) is 0 Å². The molecule has 0 N–H and O–H groups in total. The largest absolute Gasteiger partial charge is 0.481 e. The van der Waals surface area contributed by atoms with E-state index in [1.807, 2.05) is 80.1 Å². The fraction of sp³-hybridized carbons (Fsp3) is 0.476. The van der Waals surface area contributed by atoms with Crippen LogP contribution in [0.25, 0.3) is 0 Å². The lowest BCUT2D eigenvalue weighted by molar-refractivity contribution is -0.139. The summed E-state index contributed by atoms with van der Waals surface area (Å²) >= 11 is 0. The van der Waals surface area contributed by atoms with Crippen molar-refractivity contribution in [3.8, 4) is 5.75 Å². The zero-order valence-electron chi connectivity index (χ0n) is 17.3. The van der Waals surface area contributed by atoms with Crippen molar-refractivity contribution in [3.05, 3.63) is 41.6 Å². The van der Waals surface area contributed by atoms with Crippen LogP contribution in [0.3, 0.4) is 0 Å². The van der Waals surface area contributed by atoms with E-state index in [1.54, 1.807) is 0 Å². The smallest absolute Gasteiger partial charge is 0.263 e. The molecule has 2 heterocycles. The van der Waals surface area contributed by atoms with E-state index in [9.17, 15) is 4.79 Å². The molecule has 1 atom stereocenters. The van der Waals surface area contributed by atoms with Crippen LogP contribution in [0.5, 0.6) is 5.75 Å². The molecule has 1 aromatic heterocycles. The summed E-state index contributed by atoms with van der Waals surface area (Å²) in [5.74, 6) is 2.30. The van der Waals surface area contributed by atoms with Gasteiger partial charge in [-0.1, -0.05) is 25.1 Å². The van der Waals surface area contributed by atoms with Gasteiger partial charge in [0.15, 0.2) is 6.10 Å². The maximum absolute atomic E-state index is 13.1. The van der Waals surface area contributed by atoms with Crippen molar-refractivity contribution in [1.82, 2.24) is 14.9 Å². The molecule has 0 fully saturated rings. The van der Waals surface area contributed by atoms with Crippen LogP contribution >= 0.6 is 0 Å². The number of anilines is 2. The first-order valence-corrected chi connectivity index (χ1v) is 9.65. The molecule has 7 heteroatoms. The van der Waals surface area contributed by atoms with Gasteiger partial charge in [0.05, 0.1) is 12.2 Å². The highest BCUT2D eigenvalue weighted by atomic mass is 16.5. The third-order valence-electron chi connectivity index (χ3n) is 4.83. The second-order valence-corrected chi connectivity index (χ2v) is 7.40. The maximum Gasteiger partial charge on any atom is 0.263 e. The molecule has 150 valence electrons. The number of ether oxygens (including phenoxy) is 1. The number of carbonyl (C=O) groups is 1. The van der Waals surface area contributed by atoms with E-state index in [-0.39, 0.29) is 5.91 Å². The summed E-state index contributed by atoms with van der Waals surface area (Å²) in [6.07, 6.45) is 0.865. The van der Waals surface area contributed by atoms with Gasteiger partial charge in [0.2, 0.25) is 5.95 Å². The molecule has 7 nitrogen and oxygen atoms in total. The summed E-state index contributed by atoms with van der Waals surface area (Å²) in [6, 6.07) is 9.50. The SMILES string of the molecule is CC[C@H](Oc1ccccc1)C(=O)N1CCc2c(nc(N(C)C)nc2N(C)C)C1. The molecule has 0 radical (unpaired) electrons. The van der Waals surface area contributed by atoms with Gasteiger partial charge in [0.25, 0.3) is 5.91 Å².